The Bertz CT molecular complexity index is 1300. The highest BCUT2D eigenvalue weighted by Crippen LogP contribution is 2.25. The van der Waals surface area contributed by atoms with Crippen LogP contribution in [-0.2, 0) is 21.3 Å². The van der Waals surface area contributed by atoms with E-state index in [-0.39, 0.29) is 4.90 Å². The van der Waals surface area contributed by atoms with Crippen LogP contribution < -0.4 is 4.80 Å². The number of hydrogen-bond acceptors (Lipinski definition) is 5. The number of hydrogen-bond donors (Lipinski definition) is 0. The van der Waals surface area contributed by atoms with Crippen LogP contribution in [0.15, 0.2) is 52.4 Å². The summed E-state index contributed by atoms with van der Waals surface area (Å²) in [5.41, 5.74) is 1.13. The van der Waals surface area contributed by atoms with Gasteiger partial charge in [0, 0.05) is 31.8 Å². The molecule has 34 heavy (non-hydrogen) atoms. The van der Waals surface area contributed by atoms with Crippen LogP contribution >= 0.6 is 22.9 Å². The maximum absolute atomic E-state index is 13.0. The quantitative estimate of drug-likeness (QED) is 0.333. The number of para-hydroxylation sites is 1. The fourth-order valence-electron chi connectivity index (χ4n) is 3.53. The van der Waals surface area contributed by atoms with Crippen molar-refractivity contribution in [2.45, 2.75) is 45.1 Å². The smallest absolute Gasteiger partial charge is 0.279 e. The van der Waals surface area contributed by atoms with Crippen LogP contribution in [0.2, 0.25) is 5.02 Å². The van der Waals surface area contributed by atoms with Gasteiger partial charge in [0.25, 0.3) is 5.91 Å². The minimum atomic E-state index is -3.61. The molecule has 0 saturated heterocycles. The summed E-state index contributed by atoms with van der Waals surface area (Å²) in [7, 11) is -3.61. The molecule has 0 saturated carbocycles. The second-order valence-electron chi connectivity index (χ2n) is 7.61. The Hall–Kier alpha value is -2.04. The number of aromatic nitrogens is 1. The van der Waals surface area contributed by atoms with Crippen molar-refractivity contribution in [2.24, 2.45) is 4.99 Å². The van der Waals surface area contributed by atoms with E-state index in [2.05, 4.69) is 4.99 Å². The fraction of sp³-hybridized carbons (Fsp3) is 0.417. The molecule has 184 valence electrons. The van der Waals surface area contributed by atoms with Crippen molar-refractivity contribution in [3.8, 4) is 0 Å². The molecule has 0 radical (unpaired) electrons. The first-order valence-corrected chi connectivity index (χ1v) is 14.0. The molecule has 2 aromatic carbocycles. The number of benzene rings is 2. The molecule has 0 atom stereocenters. The molecular weight excluding hydrogens is 494 g/mol. The Morgan fingerprint density at radius 3 is 2.53 bits per heavy atom. The van der Waals surface area contributed by atoms with E-state index < -0.39 is 15.9 Å². The highest BCUT2D eigenvalue weighted by Gasteiger charge is 2.22. The molecule has 1 heterocycles. The first kappa shape index (κ1) is 26.6. The third kappa shape index (κ3) is 5.95. The van der Waals surface area contributed by atoms with Gasteiger partial charge >= 0.3 is 0 Å². The molecule has 1 amide bonds. The Morgan fingerprint density at radius 2 is 1.88 bits per heavy atom. The number of thiazole rings is 1. The van der Waals surface area contributed by atoms with Crippen molar-refractivity contribution < 1.29 is 17.9 Å². The van der Waals surface area contributed by atoms with Crippen LogP contribution in [0, 0.1) is 0 Å². The highest BCUT2D eigenvalue weighted by molar-refractivity contribution is 7.89. The number of carbonyl (C=O) groups is 1. The van der Waals surface area contributed by atoms with Gasteiger partial charge in [-0.15, -0.1) is 0 Å². The number of halogens is 1. The number of rotatable bonds is 11. The van der Waals surface area contributed by atoms with Gasteiger partial charge in [0.1, 0.15) is 0 Å². The Kier molecular flexibility index (Phi) is 9.44. The summed E-state index contributed by atoms with van der Waals surface area (Å²) in [6.45, 7) is 8.20. The molecule has 10 heteroatoms. The van der Waals surface area contributed by atoms with Crippen LogP contribution in [0.5, 0.6) is 0 Å². The van der Waals surface area contributed by atoms with Gasteiger partial charge in [-0.05, 0) is 49.7 Å². The molecule has 0 aliphatic rings. The molecule has 0 spiro atoms. The Morgan fingerprint density at radius 1 is 1.15 bits per heavy atom. The molecule has 3 aromatic rings. The third-order valence-corrected chi connectivity index (χ3v) is 8.70. The standard InChI is InChI=1S/C24H30ClN3O4S2/c1-4-7-15-27(5-2)34(30,31)19-13-11-18(12-14-19)23(29)26-24-28(16-17-32-6-3)22-20(25)9-8-10-21(22)33-24/h8-14H,4-7,15-17H2,1-3H3. The highest BCUT2D eigenvalue weighted by atomic mass is 35.5. The number of carbonyl (C=O) groups excluding carboxylic acids is 1. The zero-order valence-electron chi connectivity index (χ0n) is 19.7. The number of fused-ring (bicyclic) bond motifs is 1. The SMILES string of the molecule is CCCCN(CC)S(=O)(=O)c1ccc(C(=O)N=c2sc3cccc(Cl)c3n2CCOCC)cc1. The summed E-state index contributed by atoms with van der Waals surface area (Å²) in [6.07, 6.45) is 1.71. The summed E-state index contributed by atoms with van der Waals surface area (Å²) in [5, 5.41) is 0.581. The molecule has 0 unspecified atom stereocenters. The van der Waals surface area contributed by atoms with Gasteiger partial charge in [-0.3, -0.25) is 4.79 Å². The van der Waals surface area contributed by atoms with Gasteiger partial charge in [0.2, 0.25) is 10.0 Å². The molecule has 3 rings (SSSR count). The average Bonchev–Trinajstić information content (AvgIpc) is 3.18. The molecular formula is C24H30ClN3O4S2. The van der Waals surface area contributed by atoms with E-state index in [1.54, 1.807) is 6.07 Å². The first-order valence-electron chi connectivity index (χ1n) is 11.4. The van der Waals surface area contributed by atoms with Crippen LogP contribution in [0.25, 0.3) is 10.2 Å². The molecule has 0 bridgehead atoms. The molecule has 1 aromatic heterocycles. The number of ether oxygens (including phenoxy) is 1. The second kappa shape index (κ2) is 12.1. The number of nitrogens with zero attached hydrogens (tertiary/aromatic N) is 3. The van der Waals surface area contributed by atoms with Gasteiger partial charge in [-0.25, -0.2) is 8.42 Å². The maximum atomic E-state index is 13.0. The first-order chi connectivity index (χ1) is 16.3. The van der Waals surface area contributed by atoms with E-state index in [9.17, 15) is 13.2 Å². The number of amides is 1. The van der Waals surface area contributed by atoms with E-state index in [4.69, 9.17) is 16.3 Å². The van der Waals surface area contributed by atoms with Crippen LogP contribution in [0.1, 0.15) is 44.0 Å². The van der Waals surface area contributed by atoms with Gasteiger partial charge in [0.15, 0.2) is 4.80 Å². The Labute approximate surface area is 209 Å². The van der Waals surface area contributed by atoms with E-state index in [0.29, 0.717) is 48.2 Å². The monoisotopic (exact) mass is 523 g/mol. The lowest BCUT2D eigenvalue weighted by Crippen LogP contribution is -2.31. The van der Waals surface area contributed by atoms with Crippen LogP contribution in [-0.4, -0.2) is 49.5 Å². The van der Waals surface area contributed by atoms with Crippen molar-refractivity contribution in [3.05, 3.63) is 57.9 Å². The van der Waals surface area contributed by atoms with Gasteiger partial charge in [0.05, 0.1) is 26.7 Å². The normalized spacial score (nSPS) is 12.7. The predicted octanol–water partition coefficient (Wildman–Crippen LogP) is 4.94. The predicted molar refractivity (Wildman–Crippen MR) is 137 cm³/mol. The molecule has 0 N–H and O–H groups in total. The lowest BCUT2D eigenvalue weighted by molar-refractivity contribution is 0.0996. The van der Waals surface area contributed by atoms with Gasteiger partial charge in [-0.2, -0.15) is 9.30 Å². The lowest BCUT2D eigenvalue weighted by Gasteiger charge is -2.20. The minimum Gasteiger partial charge on any atom is -0.380 e. The van der Waals surface area contributed by atoms with Crippen molar-refractivity contribution >= 4 is 49.1 Å². The third-order valence-electron chi connectivity index (χ3n) is 5.37. The van der Waals surface area contributed by atoms with Crippen LogP contribution in [0.4, 0.5) is 0 Å². The zero-order chi connectivity index (χ0) is 24.7. The second-order valence-corrected chi connectivity index (χ2v) is 11.0. The fourth-order valence-corrected chi connectivity index (χ4v) is 6.43. The zero-order valence-corrected chi connectivity index (χ0v) is 22.0. The molecule has 7 nitrogen and oxygen atoms in total. The van der Waals surface area contributed by atoms with E-state index in [1.165, 1.54) is 39.9 Å². The van der Waals surface area contributed by atoms with E-state index >= 15 is 0 Å². The maximum Gasteiger partial charge on any atom is 0.279 e. The van der Waals surface area contributed by atoms with Crippen LogP contribution in [0.3, 0.4) is 0 Å². The summed E-state index contributed by atoms with van der Waals surface area (Å²) >= 11 is 7.80. The number of sulfonamides is 1. The summed E-state index contributed by atoms with van der Waals surface area (Å²) in [4.78, 5) is 18.0. The van der Waals surface area contributed by atoms with Gasteiger partial charge < -0.3 is 9.30 Å². The average molecular weight is 524 g/mol. The lowest BCUT2D eigenvalue weighted by atomic mass is 10.2. The van der Waals surface area contributed by atoms with Crippen molar-refractivity contribution in [2.75, 3.05) is 26.3 Å². The summed E-state index contributed by atoms with van der Waals surface area (Å²) < 4.78 is 35.6. The topological polar surface area (TPSA) is 81.0 Å². The van der Waals surface area contributed by atoms with Crippen molar-refractivity contribution in [1.29, 1.82) is 0 Å². The molecule has 0 aliphatic heterocycles. The number of unbranched alkanes of at least 4 members (excludes halogenated alkanes) is 1. The van der Waals surface area contributed by atoms with Crippen molar-refractivity contribution in [3.63, 3.8) is 0 Å². The molecule has 0 fully saturated rings. The van der Waals surface area contributed by atoms with Crippen molar-refractivity contribution in [1.82, 2.24) is 8.87 Å². The minimum absolute atomic E-state index is 0.169. The summed E-state index contributed by atoms with van der Waals surface area (Å²) in [5.74, 6) is -0.449. The van der Waals surface area contributed by atoms with Gasteiger partial charge in [-0.1, -0.05) is 49.3 Å². The Balaban J connectivity index is 1.93. The van der Waals surface area contributed by atoms with E-state index in [0.717, 1.165) is 23.1 Å². The summed E-state index contributed by atoms with van der Waals surface area (Å²) in [6, 6.07) is 11.6. The molecule has 0 aliphatic carbocycles. The van der Waals surface area contributed by atoms with E-state index in [1.807, 2.05) is 37.5 Å². The largest absolute Gasteiger partial charge is 0.380 e.